The molecule has 1 N–H and O–H groups in total. The van der Waals surface area contributed by atoms with E-state index in [2.05, 4.69) is 21.2 Å². The van der Waals surface area contributed by atoms with Crippen LogP contribution in [-0.4, -0.2) is 55.0 Å². The number of hydrogen-bond acceptors (Lipinski definition) is 5. The molecule has 1 saturated heterocycles. The molecule has 1 atom stereocenters. The van der Waals surface area contributed by atoms with E-state index < -0.39 is 12.0 Å². The number of nitrogens with one attached hydrogen (secondary N) is 1. The molecule has 3 aromatic rings. The third kappa shape index (κ3) is 7.68. The summed E-state index contributed by atoms with van der Waals surface area (Å²) in [5.74, 6) is -0.807. The van der Waals surface area contributed by atoms with Crippen molar-refractivity contribution in [2.75, 3.05) is 26.3 Å². The molecule has 4 rings (SSSR count). The third-order valence-electron chi connectivity index (χ3n) is 6.33. The van der Waals surface area contributed by atoms with Crippen LogP contribution in [0.15, 0.2) is 83.3 Å². The number of carbonyl (C=O) groups excluding carboxylic acids is 3. The number of aryl methyl sites for hydroxylation is 1. The normalized spacial score (nSPS) is 15.0. The van der Waals surface area contributed by atoms with E-state index in [1.165, 1.54) is 10.5 Å². The monoisotopic (exact) mass is 578 g/mol. The van der Waals surface area contributed by atoms with Crippen molar-refractivity contribution >= 4 is 33.7 Å². The largest absolute Gasteiger partial charge is 0.492 e. The van der Waals surface area contributed by atoms with Gasteiger partial charge < -0.3 is 19.7 Å². The summed E-state index contributed by atoms with van der Waals surface area (Å²) >= 11 is 3.43. The number of hydrogen-bond donors (Lipinski definition) is 1. The van der Waals surface area contributed by atoms with E-state index in [0.29, 0.717) is 41.8 Å². The smallest absolute Gasteiger partial charge is 0.308 e. The van der Waals surface area contributed by atoms with E-state index in [9.17, 15) is 14.4 Å². The van der Waals surface area contributed by atoms with Crippen LogP contribution in [0.1, 0.15) is 34.3 Å². The SMILES string of the molecule is O=C(CC1C(=O)NCCN1C(=O)c1cc(Br)ccc1OCCc1ccccc1)OCCCc1ccccc1. The van der Waals surface area contributed by atoms with Crippen LogP contribution in [0.3, 0.4) is 0 Å². The van der Waals surface area contributed by atoms with Crippen molar-refractivity contribution in [1.29, 1.82) is 0 Å². The quantitative estimate of drug-likeness (QED) is 0.266. The van der Waals surface area contributed by atoms with Crippen LogP contribution in [0.25, 0.3) is 0 Å². The number of benzene rings is 3. The van der Waals surface area contributed by atoms with Gasteiger partial charge >= 0.3 is 5.97 Å². The van der Waals surface area contributed by atoms with E-state index in [0.717, 1.165) is 12.0 Å². The molecule has 0 aromatic heterocycles. The van der Waals surface area contributed by atoms with Gasteiger partial charge in [-0.15, -0.1) is 0 Å². The molecule has 1 unspecified atom stereocenters. The molecule has 0 saturated carbocycles. The van der Waals surface area contributed by atoms with Crippen LogP contribution in [0.2, 0.25) is 0 Å². The highest BCUT2D eigenvalue weighted by Crippen LogP contribution is 2.27. The Labute approximate surface area is 231 Å². The highest BCUT2D eigenvalue weighted by atomic mass is 79.9. The van der Waals surface area contributed by atoms with Gasteiger partial charge in [0.1, 0.15) is 11.8 Å². The van der Waals surface area contributed by atoms with Crippen molar-refractivity contribution in [3.05, 3.63) is 100 Å². The standard InChI is InChI=1S/C30H31BrN2O5/c31-24-13-14-27(37-19-15-23-10-5-2-6-11-23)25(20-24)30(36)33-17-16-32-29(35)26(33)21-28(34)38-18-7-12-22-8-3-1-4-9-22/h1-6,8-11,13-14,20,26H,7,12,15-19,21H2,(H,32,35). The minimum atomic E-state index is -0.950. The van der Waals surface area contributed by atoms with Crippen LogP contribution in [0.5, 0.6) is 5.75 Å². The molecule has 0 aliphatic carbocycles. The minimum absolute atomic E-state index is 0.207. The second-order valence-corrected chi connectivity index (χ2v) is 9.96. The molecule has 1 fully saturated rings. The number of halogens is 1. The fourth-order valence-electron chi connectivity index (χ4n) is 4.36. The molecule has 3 aromatic carbocycles. The first-order valence-corrected chi connectivity index (χ1v) is 13.5. The van der Waals surface area contributed by atoms with E-state index in [-0.39, 0.29) is 31.4 Å². The van der Waals surface area contributed by atoms with Gasteiger partial charge in [0.25, 0.3) is 5.91 Å². The minimum Gasteiger partial charge on any atom is -0.492 e. The zero-order valence-electron chi connectivity index (χ0n) is 21.1. The molecular weight excluding hydrogens is 548 g/mol. The average Bonchev–Trinajstić information content (AvgIpc) is 2.94. The van der Waals surface area contributed by atoms with Gasteiger partial charge in [0.05, 0.1) is 25.2 Å². The Kier molecular flexibility index (Phi) is 9.92. The lowest BCUT2D eigenvalue weighted by atomic mass is 10.1. The van der Waals surface area contributed by atoms with Gasteiger partial charge in [-0.3, -0.25) is 14.4 Å². The Morgan fingerprint density at radius 1 is 0.921 bits per heavy atom. The Morgan fingerprint density at radius 3 is 2.32 bits per heavy atom. The summed E-state index contributed by atoms with van der Waals surface area (Å²) in [5.41, 5.74) is 2.64. The molecular formula is C30H31BrN2O5. The van der Waals surface area contributed by atoms with Gasteiger partial charge in [0.15, 0.2) is 0 Å². The summed E-state index contributed by atoms with van der Waals surface area (Å²) in [6.45, 7) is 1.24. The molecule has 7 nitrogen and oxygen atoms in total. The van der Waals surface area contributed by atoms with Gasteiger partial charge in [-0.25, -0.2) is 0 Å². The van der Waals surface area contributed by atoms with Crippen molar-refractivity contribution < 1.29 is 23.9 Å². The van der Waals surface area contributed by atoms with Crippen LogP contribution in [-0.2, 0) is 27.2 Å². The summed E-state index contributed by atoms with van der Waals surface area (Å²) in [7, 11) is 0. The van der Waals surface area contributed by atoms with E-state index >= 15 is 0 Å². The van der Waals surface area contributed by atoms with E-state index in [1.807, 2.05) is 66.7 Å². The highest BCUT2D eigenvalue weighted by molar-refractivity contribution is 9.10. The van der Waals surface area contributed by atoms with Crippen LogP contribution in [0.4, 0.5) is 0 Å². The van der Waals surface area contributed by atoms with Crippen molar-refractivity contribution in [2.45, 2.75) is 31.7 Å². The second kappa shape index (κ2) is 13.8. The first kappa shape index (κ1) is 27.4. The summed E-state index contributed by atoms with van der Waals surface area (Å²) in [6, 6.07) is 24.2. The van der Waals surface area contributed by atoms with Gasteiger partial charge in [-0.1, -0.05) is 76.6 Å². The Balaban J connectivity index is 1.38. The lowest BCUT2D eigenvalue weighted by molar-refractivity contribution is -0.147. The van der Waals surface area contributed by atoms with Crippen LogP contribution < -0.4 is 10.1 Å². The second-order valence-electron chi connectivity index (χ2n) is 9.04. The maximum absolute atomic E-state index is 13.7. The van der Waals surface area contributed by atoms with Crippen molar-refractivity contribution in [1.82, 2.24) is 10.2 Å². The molecule has 0 spiro atoms. The molecule has 0 radical (unpaired) electrons. The van der Waals surface area contributed by atoms with Crippen LogP contribution in [0, 0.1) is 0 Å². The molecule has 1 aliphatic heterocycles. The predicted molar refractivity (Wildman–Crippen MR) is 148 cm³/mol. The molecule has 8 heteroatoms. The van der Waals surface area contributed by atoms with E-state index in [1.54, 1.807) is 12.1 Å². The number of esters is 1. The fraction of sp³-hybridized carbons (Fsp3) is 0.300. The first-order chi connectivity index (χ1) is 18.5. The summed E-state index contributed by atoms with van der Waals surface area (Å²) in [5, 5.41) is 2.76. The van der Waals surface area contributed by atoms with Gasteiger partial charge in [0, 0.05) is 24.0 Å². The lowest BCUT2D eigenvalue weighted by Gasteiger charge is -2.35. The summed E-state index contributed by atoms with van der Waals surface area (Å²) in [4.78, 5) is 40.4. The Hall–Kier alpha value is -3.65. The topological polar surface area (TPSA) is 84.9 Å². The number of nitrogens with zero attached hydrogens (tertiary/aromatic N) is 1. The zero-order valence-corrected chi connectivity index (χ0v) is 22.7. The predicted octanol–water partition coefficient (Wildman–Crippen LogP) is 4.58. The van der Waals surface area contributed by atoms with Crippen molar-refractivity contribution in [2.24, 2.45) is 0 Å². The first-order valence-electron chi connectivity index (χ1n) is 12.8. The van der Waals surface area contributed by atoms with Crippen LogP contribution >= 0.6 is 15.9 Å². The maximum atomic E-state index is 13.7. The molecule has 38 heavy (non-hydrogen) atoms. The molecule has 0 bridgehead atoms. The molecule has 2 amide bonds. The van der Waals surface area contributed by atoms with Crippen molar-refractivity contribution in [3.8, 4) is 5.75 Å². The summed E-state index contributed by atoms with van der Waals surface area (Å²) < 4.78 is 12.1. The van der Waals surface area contributed by atoms with Gasteiger partial charge in [-0.05, 0) is 42.2 Å². The number of amides is 2. The number of ether oxygens (including phenoxy) is 2. The number of piperazine rings is 1. The van der Waals surface area contributed by atoms with Gasteiger partial charge in [0.2, 0.25) is 5.91 Å². The Morgan fingerprint density at radius 2 is 1.61 bits per heavy atom. The fourth-order valence-corrected chi connectivity index (χ4v) is 4.72. The highest BCUT2D eigenvalue weighted by Gasteiger charge is 2.36. The number of rotatable bonds is 11. The molecule has 1 aliphatic rings. The van der Waals surface area contributed by atoms with Crippen molar-refractivity contribution in [3.63, 3.8) is 0 Å². The number of carbonyl (C=O) groups is 3. The van der Waals surface area contributed by atoms with E-state index in [4.69, 9.17) is 9.47 Å². The molecule has 198 valence electrons. The molecule has 1 heterocycles. The average molecular weight is 579 g/mol. The maximum Gasteiger partial charge on any atom is 0.308 e. The summed E-state index contributed by atoms with van der Waals surface area (Å²) in [6.07, 6.45) is 1.95. The third-order valence-corrected chi connectivity index (χ3v) is 6.82. The van der Waals surface area contributed by atoms with Gasteiger partial charge in [-0.2, -0.15) is 0 Å². The zero-order chi connectivity index (χ0) is 26.7. The lowest BCUT2D eigenvalue weighted by Crippen LogP contribution is -2.57. The Bertz CT molecular complexity index is 1240.